The number of carbonyl (C=O) groups is 2. The van der Waals surface area contributed by atoms with Gasteiger partial charge < -0.3 is 20.7 Å². The topological polar surface area (TPSA) is 123 Å². The molecule has 1 aromatic carbocycles. The van der Waals surface area contributed by atoms with E-state index in [0.29, 0.717) is 18.8 Å². The molecule has 1 atom stereocenters. The zero-order valence-corrected chi connectivity index (χ0v) is 12.2. The van der Waals surface area contributed by atoms with Gasteiger partial charge in [0.05, 0.1) is 17.8 Å². The molecule has 0 aliphatic carbocycles. The predicted molar refractivity (Wildman–Crippen MR) is 82.7 cm³/mol. The van der Waals surface area contributed by atoms with Crippen molar-refractivity contribution in [3.05, 3.63) is 53.7 Å². The Labute approximate surface area is 132 Å². The minimum atomic E-state index is -1.26. The van der Waals surface area contributed by atoms with E-state index in [2.05, 4.69) is 11.1 Å². The van der Waals surface area contributed by atoms with Crippen LogP contribution in [0.25, 0.3) is 10.9 Å². The average Bonchev–Trinajstić information content (AvgIpc) is 2.52. The van der Waals surface area contributed by atoms with Gasteiger partial charge in [-0.3, -0.25) is 4.98 Å². The molecule has 1 aromatic heterocycles. The summed E-state index contributed by atoms with van der Waals surface area (Å²) in [7, 11) is 0. The van der Waals surface area contributed by atoms with Crippen LogP contribution in [0.4, 0.5) is 0 Å². The van der Waals surface area contributed by atoms with Gasteiger partial charge in [-0.15, -0.1) is 0 Å². The molecule has 0 spiro atoms. The maximum Gasteiger partial charge on any atom is 0.328 e. The molecule has 1 unspecified atom stereocenters. The summed E-state index contributed by atoms with van der Waals surface area (Å²) in [6, 6.07) is 10.2. The van der Waals surface area contributed by atoms with Crippen LogP contribution in [0.5, 0.6) is 0 Å². The van der Waals surface area contributed by atoms with Gasteiger partial charge in [0, 0.05) is 29.5 Å². The molecular weight excluding hydrogens is 300 g/mol. The highest BCUT2D eigenvalue weighted by Crippen LogP contribution is 2.25. The first-order valence-electron chi connectivity index (χ1n) is 6.87. The van der Waals surface area contributed by atoms with Crippen LogP contribution in [-0.4, -0.2) is 33.7 Å². The number of hydrogen-bond acceptors (Lipinski definition) is 5. The van der Waals surface area contributed by atoms with Crippen LogP contribution in [0.15, 0.2) is 42.5 Å². The fourth-order valence-corrected chi connectivity index (χ4v) is 2.13. The Bertz CT molecular complexity index is 741. The lowest BCUT2D eigenvalue weighted by molar-refractivity contribution is -0.134. The molecule has 120 valence electrons. The van der Waals surface area contributed by atoms with Crippen molar-refractivity contribution in [1.82, 2.24) is 4.98 Å². The van der Waals surface area contributed by atoms with Crippen LogP contribution in [0.1, 0.15) is 17.5 Å². The molecular formula is C16H16N2O5. The Kier molecular flexibility index (Phi) is 5.40. The second-order valence-electron chi connectivity index (χ2n) is 4.77. The average molecular weight is 316 g/mol. The summed E-state index contributed by atoms with van der Waals surface area (Å²) in [5.41, 5.74) is 9.01. The molecule has 7 heteroatoms. The smallest absolute Gasteiger partial charge is 0.328 e. The molecule has 0 saturated carbocycles. The fraction of sp³-hybridized carbons (Fsp3) is 0.188. The zero-order valence-electron chi connectivity index (χ0n) is 12.2. The van der Waals surface area contributed by atoms with Gasteiger partial charge in [0.2, 0.25) is 0 Å². The first-order valence-corrected chi connectivity index (χ1v) is 6.87. The first kappa shape index (κ1) is 16.6. The molecule has 2 heterocycles. The number of ether oxygens (including phenoxy) is 1. The molecule has 1 aliphatic rings. The number of nitrogens with two attached hydrogens (primary N) is 1. The number of para-hydroxylation sites is 1. The SMILES string of the molecule is NC1OCCc2nc3ccccc3cc21.O=C(O)C=CC(=O)O. The number of rotatable bonds is 2. The van der Waals surface area contributed by atoms with Crippen LogP contribution >= 0.6 is 0 Å². The molecule has 0 saturated heterocycles. The lowest BCUT2D eigenvalue weighted by Crippen LogP contribution is -2.23. The van der Waals surface area contributed by atoms with Crippen molar-refractivity contribution in [3.63, 3.8) is 0 Å². The molecule has 0 amide bonds. The number of benzene rings is 1. The molecule has 0 fully saturated rings. The van der Waals surface area contributed by atoms with Crippen molar-refractivity contribution >= 4 is 22.8 Å². The predicted octanol–water partition coefficient (Wildman–Crippen LogP) is 1.48. The van der Waals surface area contributed by atoms with Crippen LogP contribution in [0.2, 0.25) is 0 Å². The largest absolute Gasteiger partial charge is 0.478 e. The molecule has 0 bridgehead atoms. The summed E-state index contributed by atoms with van der Waals surface area (Å²) in [6.45, 7) is 0.666. The number of aromatic nitrogens is 1. The summed E-state index contributed by atoms with van der Waals surface area (Å²) in [5, 5.41) is 16.7. The van der Waals surface area contributed by atoms with Crippen LogP contribution < -0.4 is 5.73 Å². The van der Waals surface area contributed by atoms with E-state index in [1.54, 1.807) is 0 Å². The van der Waals surface area contributed by atoms with Gasteiger partial charge in [0.25, 0.3) is 0 Å². The first-order chi connectivity index (χ1) is 11.0. The Balaban J connectivity index is 0.000000207. The number of pyridine rings is 1. The second kappa shape index (κ2) is 7.48. The summed E-state index contributed by atoms with van der Waals surface area (Å²) in [6.07, 6.45) is 1.66. The number of hydrogen-bond donors (Lipinski definition) is 3. The molecule has 3 rings (SSSR count). The minimum Gasteiger partial charge on any atom is -0.478 e. The summed E-state index contributed by atoms with van der Waals surface area (Å²) >= 11 is 0. The third kappa shape index (κ3) is 4.60. The highest BCUT2D eigenvalue weighted by atomic mass is 16.5. The number of carboxylic acid groups (broad SMARTS) is 2. The Morgan fingerprint density at radius 1 is 1.22 bits per heavy atom. The van der Waals surface area contributed by atoms with Crippen molar-refractivity contribution in [2.75, 3.05) is 6.61 Å². The molecule has 7 nitrogen and oxygen atoms in total. The Morgan fingerprint density at radius 3 is 2.52 bits per heavy atom. The fourth-order valence-electron chi connectivity index (χ4n) is 2.13. The van der Waals surface area contributed by atoms with Crippen molar-refractivity contribution in [2.45, 2.75) is 12.6 Å². The van der Waals surface area contributed by atoms with Gasteiger partial charge in [0.15, 0.2) is 0 Å². The van der Waals surface area contributed by atoms with E-state index < -0.39 is 11.9 Å². The number of aliphatic carboxylic acids is 2. The zero-order chi connectivity index (χ0) is 16.8. The maximum atomic E-state index is 9.55. The van der Waals surface area contributed by atoms with Crippen LogP contribution in [0, 0.1) is 0 Å². The lowest BCUT2D eigenvalue weighted by atomic mass is 10.0. The van der Waals surface area contributed by atoms with Crippen molar-refractivity contribution in [2.24, 2.45) is 5.73 Å². The molecule has 23 heavy (non-hydrogen) atoms. The van der Waals surface area contributed by atoms with Crippen molar-refractivity contribution in [1.29, 1.82) is 0 Å². The van der Waals surface area contributed by atoms with E-state index in [9.17, 15) is 9.59 Å². The standard InChI is InChI=1S/C12H12N2O.C4H4O4/c13-12-9-7-8-3-1-2-4-10(8)14-11(9)5-6-15-12;5-3(6)1-2-4(7)8/h1-4,7,12H,5-6,13H2;1-2H,(H,5,6)(H,7,8). The van der Waals surface area contributed by atoms with E-state index in [1.807, 2.05) is 24.3 Å². The molecule has 4 N–H and O–H groups in total. The summed E-state index contributed by atoms with van der Waals surface area (Å²) in [5.74, 6) is -2.51. The summed E-state index contributed by atoms with van der Waals surface area (Å²) in [4.78, 5) is 23.7. The second-order valence-corrected chi connectivity index (χ2v) is 4.77. The third-order valence-corrected chi connectivity index (χ3v) is 3.15. The van der Waals surface area contributed by atoms with E-state index in [-0.39, 0.29) is 6.23 Å². The van der Waals surface area contributed by atoms with Crippen LogP contribution in [-0.2, 0) is 20.7 Å². The Morgan fingerprint density at radius 2 is 1.87 bits per heavy atom. The summed E-state index contributed by atoms with van der Waals surface area (Å²) < 4.78 is 5.39. The third-order valence-electron chi connectivity index (χ3n) is 3.15. The lowest BCUT2D eigenvalue weighted by Gasteiger charge is -2.22. The number of nitrogens with zero attached hydrogens (tertiary/aromatic N) is 1. The quantitative estimate of drug-likeness (QED) is 0.717. The van der Waals surface area contributed by atoms with E-state index in [4.69, 9.17) is 20.7 Å². The van der Waals surface area contributed by atoms with Gasteiger partial charge in [-0.05, 0) is 12.1 Å². The Hall–Kier alpha value is -2.77. The van der Waals surface area contributed by atoms with Crippen molar-refractivity contribution in [3.8, 4) is 0 Å². The highest BCUT2D eigenvalue weighted by Gasteiger charge is 2.18. The number of fused-ring (bicyclic) bond motifs is 2. The molecule has 0 radical (unpaired) electrons. The van der Waals surface area contributed by atoms with E-state index in [1.165, 1.54) is 0 Å². The van der Waals surface area contributed by atoms with E-state index in [0.717, 1.165) is 28.6 Å². The van der Waals surface area contributed by atoms with Gasteiger partial charge in [-0.2, -0.15) is 0 Å². The highest BCUT2D eigenvalue weighted by molar-refractivity contribution is 5.89. The monoisotopic (exact) mass is 316 g/mol. The van der Waals surface area contributed by atoms with Crippen LogP contribution in [0.3, 0.4) is 0 Å². The number of carboxylic acids is 2. The van der Waals surface area contributed by atoms with Gasteiger partial charge in [-0.1, -0.05) is 18.2 Å². The van der Waals surface area contributed by atoms with Crippen molar-refractivity contribution < 1.29 is 24.5 Å². The van der Waals surface area contributed by atoms with Gasteiger partial charge in [0.1, 0.15) is 6.23 Å². The van der Waals surface area contributed by atoms with Gasteiger partial charge in [-0.25, -0.2) is 9.59 Å². The maximum absolute atomic E-state index is 9.55. The molecule has 2 aromatic rings. The van der Waals surface area contributed by atoms with Gasteiger partial charge >= 0.3 is 11.9 Å². The normalized spacial score (nSPS) is 16.5. The van der Waals surface area contributed by atoms with E-state index >= 15 is 0 Å². The molecule has 1 aliphatic heterocycles. The minimum absolute atomic E-state index is 0.314.